The molecule has 1 aliphatic rings. The van der Waals surface area contributed by atoms with Gasteiger partial charge in [0.25, 0.3) is 0 Å². The fraction of sp³-hybridized carbons (Fsp3) is 0.900. The van der Waals surface area contributed by atoms with Crippen molar-refractivity contribution in [2.75, 3.05) is 26.2 Å². The van der Waals surface area contributed by atoms with E-state index in [0.717, 1.165) is 32.7 Å². The van der Waals surface area contributed by atoms with E-state index in [0.29, 0.717) is 12.3 Å². The van der Waals surface area contributed by atoms with Crippen molar-refractivity contribution in [2.45, 2.75) is 32.3 Å². The van der Waals surface area contributed by atoms with E-state index in [2.05, 4.69) is 23.9 Å². The van der Waals surface area contributed by atoms with E-state index >= 15 is 0 Å². The summed E-state index contributed by atoms with van der Waals surface area (Å²) in [6, 6.07) is 0. The molecule has 0 aromatic carbocycles. The van der Waals surface area contributed by atoms with Crippen LogP contribution in [-0.4, -0.2) is 47.8 Å². The van der Waals surface area contributed by atoms with Gasteiger partial charge in [-0.15, -0.1) is 0 Å². The number of oxime groups is 1. The van der Waals surface area contributed by atoms with E-state index in [4.69, 9.17) is 15.7 Å². The van der Waals surface area contributed by atoms with Crippen molar-refractivity contribution in [1.29, 1.82) is 0 Å². The number of ether oxygens (including phenoxy) is 1. The predicted octanol–water partition coefficient (Wildman–Crippen LogP) is 0.624. The first-order valence-corrected chi connectivity index (χ1v) is 5.36. The van der Waals surface area contributed by atoms with Crippen LogP contribution in [0.5, 0.6) is 0 Å². The standard InChI is InChI=1S/C10H21N3O2/c1-10(2)8-13(6-7-15-10)5-3-4-9(11)12-14/h14H,3-8H2,1-2H3,(H2,11,12). The maximum absolute atomic E-state index is 8.38. The molecule has 0 radical (unpaired) electrons. The molecule has 3 N–H and O–H groups in total. The highest BCUT2D eigenvalue weighted by Crippen LogP contribution is 2.16. The SMILES string of the molecule is CC1(C)CN(CCC/C(N)=N/O)CCO1. The molecular weight excluding hydrogens is 194 g/mol. The lowest BCUT2D eigenvalue weighted by molar-refractivity contribution is -0.0859. The van der Waals surface area contributed by atoms with Crippen LogP contribution in [0.1, 0.15) is 26.7 Å². The number of morpholine rings is 1. The van der Waals surface area contributed by atoms with Crippen LogP contribution in [0.25, 0.3) is 0 Å². The van der Waals surface area contributed by atoms with Crippen LogP contribution < -0.4 is 5.73 Å². The maximum Gasteiger partial charge on any atom is 0.139 e. The molecule has 5 nitrogen and oxygen atoms in total. The zero-order valence-corrected chi connectivity index (χ0v) is 9.57. The Balaban J connectivity index is 2.21. The fourth-order valence-electron chi connectivity index (χ4n) is 1.84. The summed E-state index contributed by atoms with van der Waals surface area (Å²) in [7, 11) is 0. The number of amidine groups is 1. The summed E-state index contributed by atoms with van der Waals surface area (Å²) in [4.78, 5) is 2.36. The second-order valence-corrected chi connectivity index (χ2v) is 4.58. The molecule has 88 valence electrons. The fourth-order valence-corrected chi connectivity index (χ4v) is 1.84. The minimum atomic E-state index is -0.0468. The first-order valence-electron chi connectivity index (χ1n) is 5.36. The summed E-state index contributed by atoms with van der Waals surface area (Å²) in [6.07, 6.45) is 1.57. The second kappa shape index (κ2) is 5.32. The van der Waals surface area contributed by atoms with Crippen LogP contribution in [0, 0.1) is 0 Å². The van der Waals surface area contributed by atoms with Gasteiger partial charge in [-0.2, -0.15) is 0 Å². The Morgan fingerprint density at radius 2 is 2.33 bits per heavy atom. The zero-order valence-electron chi connectivity index (χ0n) is 9.57. The number of rotatable bonds is 4. The third-order valence-corrected chi connectivity index (χ3v) is 2.54. The monoisotopic (exact) mass is 215 g/mol. The highest BCUT2D eigenvalue weighted by Gasteiger charge is 2.26. The van der Waals surface area contributed by atoms with Gasteiger partial charge in [-0.25, -0.2) is 0 Å². The summed E-state index contributed by atoms with van der Waals surface area (Å²) in [5.74, 6) is 0.308. The van der Waals surface area contributed by atoms with Gasteiger partial charge in [0.05, 0.1) is 12.2 Å². The minimum Gasteiger partial charge on any atom is -0.409 e. The smallest absolute Gasteiger partial charge is 0.139 e. The largest absolute Gasteiger partial charge is 0.409 e. The van der Waals surface area contributed by atoms with Crippen LogP contribution in [0.4, 0.5) is 0 Å². The van der Waals surface area contributed by atoms with Gasteiger partial charge >= 0.3 is 0 Å². The predicted molar refractivity (Wildman–Crippen MR) is 59.1 cm³/mol. The molecule has 0 aliphatic carbocycles. The van der Waals surface area contributed by atoms with E-state index in [1.807, 2.05) is 0 Å². The van der Waals surface area contributed by atoms with Gasteiger partial charge in [-0.05, 0) is 26.8 Å². The average Bonchev–Trinajstić information content (AvgIpc) is 2.16. The molecule has 1 fully saturated rings. The molecule has 0 unspecified atom stereocenters. The minimum absolute atomic E-state index is 0.0468. The highest BCUT2D eigenvalue weighted by atomic mass is 16.5. The molecule has 15 heavy (non-hydrogen) atoms. The van der Waals surface area contributed by atoms with Crippen molar-refractivity contribution in [2.24, 2.45) is 10.9 Å². The Labute approximate surface area is 90.9 Å². The Kier molecular flexibility index (Phi) is 4.35. The molecule has 0 spiro atoms. The molecule has 0 aromatic heterocycles. The molecule has 1 saturated heterocycles. The number of nitrogens with two attached hydrogens (primary N) is 1. The molecule has 5 heteroatoms. The zero-order chi connectivity index (χ0) is 11.3. The van der Waals surface area contributed by atoms with E-state index in [1.165, 1.54) is 0 Å². The van der Waals surface area contributed by atoms with E-state index in [1.54, 1.807) is 0 Å². The number of hydrogen-bond donors (Lipinski definition) is 2. The maximum atomic E-state index is 8.38. The van der Waals surface area contributed by atoms with Gasteiger partial charge in [0.15, 0.2) is 0 Å². The lowest BCUT2D eigenvalue weighted by Crippen LogP contribution is -2.48. The topological polar surface area (TPSA) is 71.1 Å². The Morgan fingerprint density at radius 3 is 2.93 bits per heavy atom. The van der Waals surface area contributed by atoms with Crippen LogP contribution in [0.3, 0.4) is 0 Å². The lowest BCUT2D eigenvalue weighted by Gasteiger charge is -2.38. The van der Waals surface area contributed by atoms with Crippen LogP contribution in [-0.2, 0) is 4.74 Å². The number of hydrogen-bond acceptors (Lipinski definition) is 4. The van der Waals surface area contributed by atoms with Crippen molar-refractivity contribution in [3.05, 3.63) is 0 Å². The molecule has 0 bridgehead atoms. The Hall–Kier alpha value is -0.810. The van der Waals surface area contributed by atoms with Crippen molar-refractivity contribution >= 4 is 5.84 Å². The van der Waals surface area contributed by atoms with Crippen molar-refractivity contribution in [3.63, 3.8) is 0 Å². The van der Waals surface area contributed by atoms with Gasteiger partial charge in [-0.3, -0.25) is 4.90 Å². The molecule has 1 heterocycles. The molecule has 1 aliphatic heterocycles. The first kappa shape index (κ1) is 12.3. The molecular formula is C10H21N3O2. The van der Waals surface area contributed by atoms with Crippen LogP contribution >= 0.6 is 0 Å². The summed E-state index contributed by atoms with van der Waals surface area (Å²) in [5, 5.41) is 11.3. The van der Waals surface area contributed by atoms with Gasteiger partial charge in [0.1, 0.15) is 5.84 Å². The van der Waals surface area contributed by atoms with Crippen molar-refractivity contribution < 1.29 is 9.94 Å². The highest BCUT2D eigenvalue weighted by molar-refractivity contribution is 5.79. The Morgan fingerprint density at radius 1 is 1.60 bits per heavy atom. The summed E-state index contributed by atoms with van der Waals surface area (Å²) in [6.45, 7) is 7.88. The summed E-state index contributed by atoms with van der Waals surface area (Å²) in [5.41, 5.74) is 5.35. The summed E-state index contributed by atoms with van der Waals surface area (Å²) < 4.78 is 5.61. The van der Waals surface area contributed by atoms with Crippen molar-refractivity contribution in [1.82, 2.24) is 4.90 Å². The van der Waals surface area contributed by atoms with E-state index in [9.17, 15) is 0 Å². The van der Waals surface area contributed by atoms with Crippen LogP contribution in [0.15, 0.2) is 5.16 Å². The van der Waals surface area contributed by atoms with Gasteiger partial charge in [0.2, 0.25) is 0 Å². The average molecular weight is 215 g/mol. The molecule has 0 amide bonds. The quantitative estimate of drug-likeness (QED) is 0.312. The van der Waals surface area contributed by atoms with Gasteiger partial charge < -0.3 is 15.7 Å². The third-order valence-electron chi connectivity index (χ3n) is 2.54. The number of nitrogens with zero attached hydrogens (tertiary/aromatic N) is 2. The molecule has 1 rings (SSSR count). The second-order valence-electron chi connectivity index (χ2n) is 4.58. The first-order chi connectivity index (χ1) is 7.03. The molecule has 0 saturated carbocycles. The van der Waals surface area contributed by atoms with E-state index in [-0.39, 0.29) is 5.60 Å². The molecule has 0 aromatic rings. The van der Waals surface area contributed by atoms with Gasteiger partial charge in [0, 0.05) is 19.5 Å². The van der Waals surface area contributed by atoms with Gasteiger partial charge in [-0.1, -0.05) is 5.16 Å². The normalized spacial score (nSPS) is 22.9. The summed E-state index contributed by atoms with van der Waals surface area (Å²) >= 11 is 0. The third kappa shape index (κ3) is 4.48. The van der Waals surface area contributed by atoms with Crippen molar-refractivity contribution in [3.8, 4) is 0 Å². The Bertz CT molecular complexity index is 229. The lowest BCUT2D eigenvalue weighted by atomic mass is 10.1. The molecule has 0 atom stereocenters. The van der Waals surface area contributed by atoms with Crippen LogP contribution in [0.2, 0.25) is 0 Å². The van der Waals surface area contributed by atoms with E-state index < -0.39 is 0 Å².